The maximum Gasteiger partial charge on any atom is 0.00388 e. The standard InChI is InChI=1S/C10H20N2/c1-8(2)12-6-9-3-4-11-5-10(9)7-12/h8-11H,3-7H2,1-2H3. The summed E-state index contributed by atoms with van der Waals surface area (Å²) in [4.78, 5) is 2.63. The second kappa shape index (κ2) is 3.35. The summed E-state index contributed by atoms with van der Waals surface area (Å²) in [6.07, 6.45) is 1.40. The molecule has 12 heavy (non-hydrogen) atoms. The lowest BCUT2D eigenvalue weighted by Crippen LogP contribution is -2.35. The molecule has 0 aromatic carbocycles. The van der Waals surface area contributed by atoms with Gasteiger partial charge in [0.15, 0.2) is 0 Å². The first-order valence-electron chi connectivity index (χ1n) is 5.22. The number of hydrogen-bond acceptors (Lipinski definition) is 2. The van der Waals surface area contributed by atoms with E-state index in [1.807, 2.05) is 0 Å². The molecule has 0 amide bonds. The minimum atomic E-state index is 0.746. The molecule has 2 heterocycles. The summed E-state index contributed by atoms with van der Waals surface area (Å²) < 4.78 is 0. The predicted molar refractivity (Wildman–Crippen MR) is 51.2 cm³/mol. The lowest BCUT2D eigenvalue weighted by Gasteiger charge is -2.24. The number of fused-ring (bicyclic) bond motifs is 1. The Bertz CT molecular complexity index is 142. The molecule has 0 bridgehead atoms. The van der Waals surface area contributed by atoms with Crippen molar-refractivity contribution in [2.75, 3.05) is 26.2 Å². The number of piperidine rings is 1. The van der Waals surface area contributed by atoms with Gasteiger partial charge in [0.05, 0.1) is 0 Å². The number of nitrogens with one attached hydrogen (secondary N) is 1. The molecular weight excluding hydrogens is 148 g/mol. The quantitative estimate of drug-likeness (QED) is 0.627. The van der Waals surface area contributed by atoms with E-state index in [1.54, 1.807) is 0 Å². The van der Waals surface area contributed by atoms with Crippen LogP contribution in [-0.2, 0) is 0 Å². The maximum absolute atomic E-state index is 3.49. The molecule has 0 aromatic rings. The van der Waals surface area contributed by atoms with Gasteiger partial charge in [0.25, 0.3) is 0 Å². The normalized spacial score (nSPS) is 37.2. The van der Waals surface area contributed by atoms with E-state index in [4.69, 9.17) is 0 Å². The fourth-order valence-corrected chi connectivity index (χ4v) is 2.53. The Morgan fingerprint density at radius 3 is 2.67 bits per heavy atom. The Kier molecular flexibility index (Phi) is 2.37. The third-order valence-corrected chi connectivity index (χ3v) is 3.43. The Morgan fingerprint density at radius 1 is 1.25 bits per heavy atom. The summed E-state index contributed by atoms with van der Waals surface area (Å²) in [5.41, 5.74) is 0. The summed E-state index contributed by atoms with van der Waals surface area (Å²) in [6.45, 7) is 9.80. The van der Waals surface area contributed by atoms with Crippen LogP contribution >= 0.6 is 0 Å². The minimum Gasteiger partial charge on any atom is -0.316 e. The molecule has 2 saturated heterocycles. The Hall–Kier alpha value is -0.0800. The van der Waals surface area contributed by atoms with Crippen molar-refractivity contribution in [1.82, 2.24) is 10.2 Å². The van der Waals surface area contributed by atoms with Crippen molar-refractivity contribution in [3.05, 3.63) is 0 Å². The summed E-state index contributed by atoms with van der Waals surface area (Å²) in [5.74, 6) is 1.94. The van der Waals surface area contributed by atoms with E-state index in [0.29, 0.717) is 0 Å². The maximum atomic E-state index is 3.49. The number of likely N-dealkylation sites (tertiary alicyclic amines) is 1. The molecule has 0 aliphatic carbocycles. The van der Waals surface area contributed by atoms with E-state index in [2.05, 4.69) is 24.1 Å². The van der Waals surface area contributed by atoms with Crippen LogP contribution in [0.2, 0.25) is 0 Å². The highest BCUT2D eigenvalue weighted by Gasteiger charge is 2.34. The van der Waals surface area contributed by atoms with Gasteiger partial charge in [0.2, 0.25) is 0 Å². The molecule has 2 rings (SSSR count). The van der Waals surface area contributed by atoms with Gasteiger partial charge in [-0.15, -0.1) is 0 Å². The molecule has 0 radical (unpaired) electrons. The van der Waals surface area contributed by atoms with E-state index in [1.165, 1.54) is 32.6 Å². The van der Waals surface area contributed by atoms with E-state index in [-0.39, 0.29) is 0 Å². The van der Waals surface area contributed by atoms with E-state index in [9.17, 15) is 0 Å². The Balaban J connectivity index is 1.94. The molecule has 2 aliphatic heterocycles. The minimum absolute atomic E-state index is 0.746. The topological polar surface area (TPSA) is 15.3 Å². The van der Waals surface area contributed by atoms with Crippen LogP contribution in [0.1, 0.15) is 20.3 Å². The number of hydrogen-bond donors (Lipinski definition) is 1. The van der Waals surface area contributed by atoms with Crippen LogP contribution in [0.5, 0.6) is 0 Å². The van der Waals surface area contributed by atoms with E-state index < -0.39 is 0 Å². The first kappa shape index (κ1) is 8.52. The van der Waals surface area contributed by atoms with Crippen LogP contribution in [0.25, 0.3) is 0 Å². The largest absolute Gasteiger partial charge is 0.316 e. The molecule has 2 atom stereocenters. The second-order valence-corrected chi connectivity index (χ2v) is 4.56. The van der Waals surface area contributed by atoms with Crippen LogP contribution in [-0.4, -0.2) is 37.1 Å². The fraction of sp³-hybridized carbons (Fsp3) is 1.00. The smallest absolute Gasteiger partial charge is 0.00388 e. The summed E-state index contributed by atoms with van der Waals surface area (Å²) in [6, 6.07) is 0.746. The predicted octanol–water partition coefficient (Wildman–Crippen LogP) is 0.936. The lowest BCUT2D eigenvalue weighted by molar-refractivity contribution is 0.262. The van der Waals surface area contributed by atoms with Gasteiger partial charge >= 0.3 is 0 Å². The molecule has 2 heteroatoms. The molecule has 1 N–H and O–H groups in total. The highest BCUT2D eigenvalue weighted by atomic mass is 15.2. The molecule has 70 valence electrons. The van der Waals surface area contributed by atoms with Gasteiger partial charge in [0, 0.05) is 19.1 Å². The van der Waals surface area contributed by atoms with Gasteiger partial charge < -0.3 is 10.2 Å². The number of nitrogens with zero attached hydrogens (tertiary/aromatic N) is 1. The van der Waals surface area contributed by atoms with Gasteiger partial charge in [-0.25, -0.2) is 0 Å². The fourth-order valence-electron chi connectivity index (χ4n) is 2.53. The van der Waals surface area contributed by atoms with Crippen molar-refractivity contribution < 1.29 is 0 Å². The van der Waals surface area contributed by atoms with Crippen molar-refractivity contribution in [1.29, 1.82) is 0 Å². The zero-order chi connectivity index (χ0) is 8.55. The summed E-state index contributed by atoms with van der Waals surface area (Å²) in [5, 5.41) is 3.49. The van der Waals surface area contributed by atoms with E-state index in [0.717, 1.165) is 17.9 Å². The zero-order valence-corrected chi connectivity index (χ0v) is 8.21. The molecule has 2 fully saturated rings. The third kappa shape index (κ3) is 1.50. The van der Waals surface area contributed by atoms with Crippen molar-refractivity contribution in [2.24, 2.45) is 11.8 Å². The number of rotatable bonds is 1. The monoisotopic (exact) mass is 168 g/mol. The van der Waals surface area contributed by atoms with Crippen molar-refractivity contribution >= 4 is 0 Å². The Labute approximate surface area is 75.3 Å². The van der Waals surface area contributed by atoms with Gasteiger partial charge in [-0.2, -0.15) is 0 Å². The summed E-state index contributed by atoms with van der Waals surface area (Å²) in [7, 11) is 0. The van der Waals surface area contributed by atoms with Gasteiger partial charge in [-0.05, 0) is 45.2 Å². The van der Waals surface area contributed by atoms with Crippen LogP contribution in [0.15, 0.2) is 0 Å². The zero-order valence-electron chi connectivity index (χ0n) is 8.21. The highest BCUT2D eigenvalue weighted by molar-refractivity contribution is 4.89. The van der Waals surface area contributed by atoms with Crippen LogP contribution in [0, 0.1) is 11.8 Å². The van der Waals surface area contributed by atoms with Gasteiger partial charge in [-0.1, -0.05) is 0 Å². The van der Waals surface area contributed by atoms with Crippen molar-refractivity contribution in [3.8, 4) is 0 Å². The van der Waals surface area contributed by atoms with Crippen LogP contribution < -0.4 is 5.32 Å². The van der Waals surface area contributed by atoms with Crippen molar-refractivity contribution in [3.63, 3.8) is 0 Å². The first-order valence-corrected chi connectivity index (χ1v) is 5.22. The average Bonchev–Trinajstić information content (AvgIpc) is 2.46. The molecule has 0 saturated carbocycles. The molecule has 2 aliphatic rings. The van der Waals surface area contributed by atoms with E-state index >= 15 is 0 Å². The average molecular weight is 168 g/mol. The van der Waals surface area contributed by atoms with Gasteiger partial charge in [0.1, 0.15) is 0 Å². The third-order valence-electron chi connectivity index (χ3n) is 3.43. The van der Waals surface area contributed by atoms with Crippen molar-refractivity contribution in [2.45, 2.75) is 26.3 Å². The molecular formula is C10H20N2. The molecule has 0 spiro atoms. The molecule has 0 aromatic heterocycles. The lowest BCUT2D eigenvalue weighted by atomic mass is 9.90. The van der Waals surface area contributed by atoms with Crippen LogP contribution in [0.3, 0.4) is 0 Å². The SMILES string of the molecule is CC(C)N1CC2CCNCC2C1. The van der Waals surface area contributed by atoms with Gasteiger partial charge in [-0.3, -0.25) is 0 Å². The van der Waals surface area contributed by atoms with Crippen LogP contribution in [0.4, 0.5) is 0 Å². The second-order valence-electron chi connectivity index (χ2n) is 4.56. The highest BCUT2D eigenvalue weighted by Crippen LogP contribution is 2.28. The first-order chi connectivity index (χ1) is 5.77. The molecule has 2 unspecified atom stereocenters. The Morgan fingerprint density at radius 2 is 2.00 bits per heavy atom. The molecule has 2 nitrogen and oxygen atoms in total. The summed E-state index contributed by atoms with van der Waals surface area (Å²) >= 11 is 0.